The molecule has 3 aromatic rings. The summed E-state index contributed by atoms with van der Waals surface area (Å²) in [6.07, 6.45) is 2.27. The fourth-order valence-corrected chi connectivity index (χ4v) is 4.31. The highest BCUT2D eigenvalue weighted by Crippen LogP contribution is 2.38. The van der Waals surface area contributed by atoms with Crippen LogP contribution in [0.5, 0.6) is 11.5 Å². The maximum atomic E-state index is 5.74. The minimum atomic E-state index is 0.336. The minimum Gasteiger partial charge on any atom is -0.486 e. The molecule has 2 aliphatic heterocycles. The number of nitrogens with zero attached hydrogens (tertiary/aromatic N) is 3. The van der Waals surface area contributed by atoms with Gasteiger partial charge in [-0.2, -0.15) is 4.98 Å². The van der Waals surface area contributed by atoms with Gasteiger partial charge in [-0.15, -0.1) is 11.3 Å². The van der Waals surface area contributed by atoms with Gasteiger partial charge in [-0.05, 0) is 48.5 Å². The fourth-order valence-electron chi connectivity index (χ4n) is 3.66. The summed E-state index contributed by atoms with van der Waals surface area (Å²) in [5.74, 6) is 3.02. The van der Waals surface area contributed by atoms with Crippen LogP contribution in [-0.4, -0.2) is 34.8 Å². The van der Waals surface area contributed by atoms with E-state index < -0.39 is 0 Å². The average Bonchev–Trinajstić information content (AvgIpc) is 3.43. The van der Waals surface area contributed by atoms with Crippen LogP contribution in [0.1, 0.15) is 30.3 Å². The first kappa shape index (κ1) is 15.8. The summed E-state index contributed by atoms with van der Waals surface area (Å²) in [5, 5.41) is 6.13. The molecule has 0 saturated carbocycles. The molecule has 0 bridgehead atoms. The second kappa shape index (κ2) is 6.74. The second-order valence-corrected chi connectivity index (χ2v) is 7.47. The van der Waals surface area contributed by atoms with E-state index in [0.717, 1.165) is 35.8 Å². The first-order valence-corrected chi connectivity index (χ1v) is 9.75. The van der Waals surface area contributed by atoms with Crippen LogP contribution in [0.25, 0.3) is 10.7 Å². The normalized spacial score (nSPS) is 19.8. The van der Waals surface area contributed by atoms with Gasteiger partial charge in [0, 0.05) is 6.04 Å². The van der Waals surface area contributed by atoms with Crippen LogP contribution in [0.4, 0.5) is 0 Å². The van der Waals surface area contributed by atoms with Gasteiger partial charge in [-0.25, -0.2) is 0 Å². The Kier molecular flexibility index (Phi) is 4.10. The number of hydrogen-bond donors (Lipinski definition) is 0. The SMILES string of the molecule is c1csc(-c2noc(CN3CCC[C@H]3c3ccc4c(c3)OCCO4)n2)c1. The molecule has 0 radical (unpaired) electrons. The third kappa shape index (κ3) is 2.97. The Balaban J connectivity index is 1.34. The van der Waals surface area contributed by atoms with Gasteiger partial charge in [0.2, 0.25) is 11.7 Å². The zero-order chi connectivity index (χ0) is 17.3. The van der Waals surface area contributed by atoms with Crippen molar-refractivity contribution in [1.29, 1.82) is 0 Å². The van der Waals surface area contributed by atoms with E-state index in [0.29, 0.717) is 37.5 Å². The number of ether oxygens (including phenoxy) is 2. The summed E-state index contributed by atoms with van der Waals surface area (Å²) >= 11 is 1.62. The van der Waals surface area contributed by atoms with Crippen molar-refractivity contribution >= 4 is 11.3 Å². The molecule has 1 fully saturated rings. The van der Waals surface area contributed by atoms with Crippen molar-refractivity contribution in [2.75, 3.05) is 19.8 Å². The molecule has 7 heteroatoms. The minimum absolute atomic E-state index is 0.336. The second-order valence-electron chi connectivity index (χ2n) is 6.52. The van der Waals surface area contributed by atoms with Crippen molar-refractivity contribution in [3.63, 3.8) is 0 Å². The van der Waals surface area contributed by atoms with Crippen LogP contribution < -0.4 is 9.47 Å². The first-order chi connectivity index (χ1) is 12.9. The molecule has 5 rings (SSSR count). The summed E-state index contributed by atoms with van der Waals surface area (Å²) in [6, 6.07) is 10.6. The molecule has 26 heavy (non-hydrogen) atoms. The van der Waals surface area contributed by atoms with Gasteiger partial charge in [0.15, 0.2) is 11.5 Å². The van der Waals surface area contributed by atoms with Crippen molar-refractivity contribution in [3.8, 4) is 22.2 Å². The molecule has 1 atom stereocenters. The van der Waals surface area contributed by atoms with E-state index in [4.69, 9.17) is 14.0 Å². The maximum Gasteiger partial charge on any atom is 0.241 e. The molecule has 0 unspecified atom stereocenters. The van der Waals surface area contributed by atoms with Crippen molar-refractivity contribution in [2.24, 2.45) is 0 Å². The van der Waals surface area contributed by atoms with E-state index in [-0.39, 0.29) is 0 Å². The lowest BCUT2D eigenvalue weighted by molar-refractivity contribution is 0.170. The summed E-state index contributed by atoms with van der Waals surface area (Å²) < 4.78 is 16.9. The van der Waals surface area contributed by atoms with Gasteiger partial charge >= 0.3 is 0 Å². The topological polar surface area (TPSA) is 60.6 Å². The van der Waals surface area contributed by atoms with Crippen LogP contribution in [0, 0.1) is 0 Å². The van der Waals surface area contributed by atoms with Gasteiger partial charge in [0.05, 0.1) is 11.4 Å². The molecule has 0 spiro atoms. The van der Waals surface area contributed by atoms with E-state index in [2.05, 4.69) is 27.2 Å². The quantitative estimate of drug-likeness (QED) is 0.695. The average molecular weight is 369 g/mol. The summed E-state index contributed by atoms with van der Waals surface area (Å²) in [7, 11) is 0. The summed E-state index contributed by atoms with van der Waals surface area (Å²) in [6.45, 7) is 2.91. The van der Waals surface area contributed by atoms with Gasteiger partial charge in [-0.3, -0.25) is 4.90 Å². The van der Waals surface area contributed by atoms with Crippen molar-refractivity contribution in [3.05, 3.63) is 47.2 Å². The predicted molar refractivity (Wildman–Crippen MR) is 97.4 cm³/mol. The molecule has 0 N–H and O–H groups in total. The maximum absolute atomic E-state index is 5.74. The van der Waals surface area contributed by atoms with Crippen molar-refractivity contribution < 1.29 is 14.0 Å². The molecule has 1 saturated heterocycles. The van der Waals surface area contributed by atoms with Crippen LogP contribution in [0.3, 0.4) is 0 Å². The van der Waals surface area contributed by atoms with E-state index in [1.165, 1.54) is 5.56 Å². The zero-order valence-corrected chi connectivity index (χ0v) is 15.1. The van der Waals surface area contributed by atoms with Gasteiger partial charge < -0.3 is 14.0 Å². The molecule has 1 aromatic carbocycles. The van der Waals surface area contributed by atoms with E-state index >= 15 is 0 Å². The standard InChI is InChI=1S/C19H19N3O3S/c1-3-14(13-5-6-15-16(11-13)24-9-8-23-15)22(7-1)12-18-20-19(21-25-18)17-4-2-10-26-17/h2,4-6,10-11,14H,1,3,7-9,12H2/t14-/m0/s1. The summed E-state index contributed by atoms with van der Waals surface area (Å²) in [4.78, 5) is 7.99. The Bertz CT molecular complexity index is 893. The van der Waals surface area contributed by atoms with Crippen molar-refractivity contribution in [1.82, 2.24) is 15.0 Å². The highest BCUT2D eigenvalue weighted by atomic mass is 32.1. The highest BCUT2D eigenvalue weighted by molar-refractivity contribution is 7.13. The number of fused-ring (bicyclic) bond motifs is 1. The molecular formula is C19H19N3O3S. The molecule has 0 amide bonds. The Morgan fingerprint density at radius 2 is 2.08 bits per heavy atom. The Morgan fingerprint density at radius 1 is 1.15 bits per heavy atom. The lowest BCUT2D eigenvalue weighted by atomic mass is 10.0. The highest BCUT2D eigenvalue weighted by Gasteiger charge is 2.29. The van der Waals surface area contributed by atoms with Crippen LogP contribution in [-0.2, 0) is 6.54 Å². The van der Waals surface area contributed by atoms with E-state index in [9.17, 15) is 0 Å². The molecule has 2 aromatic heterocycles. The largest absolute Gasteiger partial charge is 0.486 e. The number of aromatic nitrogens is 2. The van der Waals surface area contributed by atoms with Gasteiger partial charge in [0.1, 0.15) is 13.2 Å². The van der Waals surface area contributed by atoms with Gasteiger partial charge in [-0.1, -0.05) is 17.3 Å². The number of hydrogen-bond acceptors (Lipinski definition) is 7. The third-order valence-corrected chi connectivity index (χ3v) is 5.73. The zero-order valence-electron chi connectivity index (χ0n) is 14.3. The number of likely N-dealkylation sites (tertiary alicyclic amines) is 1. The Labute approximate surface area is 155 Å². The molecular weight excluding hydrogens is 350 g/mol. The van der Waals surface area contributed by atoms with Crippen molar-refractivity contribution in [2.45, 2.75) is 25.4 Å². The Hall–Kier alpha value is -2.38. The third-order valence-electron chi connectivity index (χ3n) is 4.86. The lowest BCUT2D eigenvalue weighted by Crippen LogP contribution is -2.23. The summed E-state index contributed by atoms with van der Waals surface area (Å²) in [5.41, 5.74) is 1.25. The number of rotatable bonds is 4. The lowest BCUT2D eigenvalue weighted by Gasteiger charge is -2.25. The monoisotopic (exact) mass is 369 g/mol. The van der Waals surface area contributed by atoms with Crippen LogP contribution in [0.15, 0.2) is 40.2 Å². The van der Waals surface area contributed by atoms with E-state index in [1.807, 2.05) is 23.6 Å². The molecule has 2 aliphatic rings. The van der Waals surface area contributed by atoms with Crippen LogP contribution in [0.2, 0.25) is 0 Å². The van der Waals surface area contributed by atoms with Gasteiger partial charge in [0.25, 0.3) is 0 Å². The molecule has 6 nitrogen and oxygen atoms in total. The molecule has 134 valence electrons. The smallest absolute Gasteiger partial charge is 0.241 e. The molecule has 4 heterocycles. The number of thiophene rings is 1. The Morgan fingerprint density at radius 3 is 2.96 bits per heavy atom. The fraction of sp³-hybridized carbons (Fsp3) is 0.368. The van der Waals surface area contributed by atoms with E-state index in [1.54, 1.807) is 11.3 Å². The number of benzene rings is 1. The molecule has 0 aliphatic carbocycles. The predicted octanol–water partition coefficient (Wildman–Crippen LogP) is 3.91. The van der Waals surface area contributed by atoms with Crippen LogP contribution >= 0.6 is 11.3 Å². The first-order valence-electron chi connectivity index (χ1n) is 8.87.